The van der Waals surface area contributed by atoms with Gasteiger partial charge in [0.1, 0.15) is 11.0 Å². The first-order valence-corrected chi connectivity index (χ1v) is 9.28. The quantitative estimate of drug-likeness (QED) is 0.578. The van der Waals surface area contributed by atoms with E-state index >= 15 is 0 Å². The summed E-state index contributed by atoms with van der Waals surface area (Å²) in [6.45, 7) is 0. The topological polar surface area (TPSA) is 60.7 Å². The van der Waals surface area contributed by atoms with Crippen LogP contribution in [0.25, 0.3) is 16.7 Å². The molecule has 0 saturated heterocycles. The summed E-state index contributed by atoms with van der Waals surface area (Å²) in [7, 11) is 0. The van der Waals surface area contributed by atoms with Crippen molar-refractivity contribution >= 4 is 22.6 Å². The maximum absolute atomic E-state index is 13.1. The zero-order valence-corrected chi connectivity index (χ0v) is 15.4. The van der Waals surface area contributed by atoms with Crippen molar-refractivity contribution in [1.29, 1.82) is 0 Å². The van der Waals surface area contributed by atoms with Gasteiger partial charge in [0.2, 0.25) is 0 Å². The number of alkyl halides is 3. The average Bonchev–Trinajstić information content (AvgIpc) is 2.68. The largest absolute Gasteiger partial charge is 0.391 e. The Bertz CT molecular complexity index is 1060. The van der Waals surface area contributed by atoms with Gasteiger partial charge in [-0.1, -0.05) is 11.6 Å². The maximum Gasteiger partial charge on any atom is 0.391 e. The van der Waals surface area contributed by atoms with Crippen molar-refractivity contribution in [1.82, 2.24) is 19.5 Å². The first-order chi connectivity index (χ1) is 13.3. The summed E-state index contributed by atoms with van der Waals surface area (Å²) in [6, 6.07) is 6.54. The van der Waals surface area contributed by atoms with Gasteiger partial charge in [0.05, 0.1) is 23.3 Å². The van der Waals surface area contributed by atoms with E-state index < -0.39 is 12.1 Å². The number of hydrogen-bond acceptors (Lipinski definition) is 4. The summed E-state index contributed by atoms with van der Waals surface area (Å²) in [4.78, 5) is 25.9. The molecule has 1 fully saturated rings. The molecule has 146 valence electrons. The van der Waals surface area contributed by atoms with Gasteiger partial charge in [-0.2, -0.15) is 13.2 Å². The van der Waals surface area contributed by atoms with E-state index in [4.69, 9.17) is 11.6 Å². The zero-order valence-electron chi connectivity index (χ0n) is 14.7. The molecular weight excluding hydrogens is 393 g/mol. The predicted molar refractivity (Wildman–Crippen MR) is 98.7 cm³/mol. The summed E-state index contributed by atoms with van der Waals surface area (Å²) in [6.07, 6.45) is -0.574. The van der Waals surface area contributed by atoms with Gasteiger partial charge in [-0.05, 0) is 49.9 Å². The third-order valence-corrected chi connectivity index (χ3v) is 5.40. The first kappa shape index (κ1) is 18.9. The lowest BCUT2D eigenvalue weighted by Crippen LogP contribution is -2.31. The third-order valence-electron chi connectivity index (χ3n) is 5.18. The molecule has 0 amide bonds. The molecule has 9 heteroatoms. The predicted octanol–water partition coefficient (Wildman–Crippen LogP) is 4.67. The van der Waals surface area contributed by atoms with Crippen molar-refractivity contribution in [3.63, 3.8) is 0 Å². The fraction of sp³-hybridized carbons (Fsp3) is 0.368. The first-order valence-electron chi connectivity index (χ1n) is 8.91. The van der Waals surface area contributed by atoms with Crippen molar-refractivity contribution in [3.8, 4) is 5.69 Å². The van der Waals surface area contributed by atoms with Gasteiger partial charge in [0, 0.05) is 12.1 Å². The Balaban J connectivity index is 1.82. The van der Waals surface area contributed by atoms with Gasteiger partial charge in [-0.15, -0.1) is 0 Å². The molecule has 3 heterocycles. The highest BCUT2D eigenvalue weighted by atomic mass is 35.5. The Hall–Kier alpha value is -2.48. The van der Waals surface area contributed by atoms with Crippen molar-refractivity contribution in [2.75, 3.05) is 0 Å². The fourth-order valence-corrected chi connectivity index (χ4v) is 3.85. The number of hydrogen-bond donors (Lipinski definition) is 0. The minimum Gasteiger partial charge on any atom is -0.266 e. The summed E-state index contributed by atoms with van der Waals surface area (Å²) in [5.41, 5.74) is 0.717. The van der Waals surface area contributed by atoms with Crippen LogP contribution in [0.5, 0.6) is 0 Å². The highest BCUT2D eigenvalue weighted by Gasteiger charge is 2.42. The molecule has 1 aliphatic rings. The molecule has 0 unspecified atom stereocenters. The van der Waals surface area contributed by atoms with Crippen LogP contribution >= 0.6 is 11.6 Å². The van der Waals surface area contributed by atoms with Crippen molar-refractivity contribution in [2.24, 2.45) is 5.92 Å². The number of fused-ring (bicyclic) bond motifs is 1. The normalized spacial score (nSPS) is 20.4. The molecule has 0 radical (unpaired) electrons. The van der Waals surface area contributed by atoms with Crippen LogP contribution in [0.3, 0.4) is 0 Å². The minimum absolute atomic E-state index is 0.0218. The van der Waals surface area contributed by atoms with Crippen molar-refractivity contribution in [3.05, 3.63) is 58.0 Å². The Kier molecular flexibility index (Phi) is 4.82. The van der Waals surface area contributed by atoms with E-state index in [1.165, 1.54) is 17.0 Å². The monoisotopic (exact) mass is 408 g/mol. The molecule has 3 aromatic heterocycles. The molecule has 28 heavy (non-hydrogen) atoms. The molecule has 5 nitrogen and oxygen atoms in total. The van der Waals surface area contributed by atoms with E-state index in [0.717, 1.165) is 0 Å². The highest BCUT2D eigenvalue weighted by molar-refractivity contribution is 6.29. The third kappa shape index (κ3) is 3.48. The van der Waals surface area contributed by atoms with Crippen LogP contribution in [0.4, 0.5) is 13.2 Å². The maximum atomic E-state index is 13.1. The van der Waals surface area contributed by atoms with Crippen LogP contribution in [0.2, 0.25) is 5.15 Å². The lowest BCUT2D eigenvalue weighted by molar-refractivity contribution is -0.182. The van der Waals surface area contributed by atoms with Crippen LogP contribution in [0, 0.1) is 5.92 Å². The Labute approximate surface area is 163 Å². The van der Waals surface area contributed by atoms with Crippen molar-refractivity contribution in [2.45, 2.75) is 37.8 Å². The highest BCUT2D eigenvalue weighted by Crippen LogP contribution is 2.42. The summed E-state index contributed by atoms with van der Waals surface area (Å²) in [5.74, 6) is -1.12. The van der Waals surface area contributed by atoms with E-state index in [1.54, 1.807) is 24.3 Å². The van der Waals surface area contributed by atoms with Gasteiger partial charge >= 0.3 is 6.18 Å². The second kappa shape index (κ2) is 7.16. The van der Waals surface area contributed by atoms with Crippen LogP contribution in [-0.4, -0.2) is 25.7 Å². The van der Waals surface area contributed by atoms with Gasteiger partial charge in [-0.3, -0.25) is 9.36 Å². The molecule has 0 N–H and O–H groups in total. The van der Waals surface area contributed by atoms with E-state index in [0.29, 0.717) is 29.9 Å². The lowest BCUT2D eigenvalue weighted by atomic mass is 9.81. The second-order valence-corrected chi connectivity index (χ2v) is 7.30. The van der Waals surface area contributed by atoms with Gasteiger partial charge in [-0.25, -0.2) is 15.0 Å². The average molecular weight is 409 g/mol. The standard InChI is InChI=1S/C19H16ClF3N4O/c20-15-8-7-13(10-25-15)27-17(11-3-5-12(6-4-11)19(21,22)23)26-14-2-1-9-24-16(14)18(27)28/h1-2,7-12H,3-6H2. The molecular formula is C19H16ClF3N4O. The van der Waals surface area contributed by atoms with Gasteiger partial charge < -0.3 is 0 Å². The Morgan fingerprint density at radius 1 is 1.07 bits per heavy atom. The number of pyridine rings is 2. The van der Waals surface area contributed by atoms with Gasteiger partial charge in [0.15, 0.2) is 5.52 Å². The Morgan fingerprint density at radius 3 is 2.46 bits per heavy atom. The van der Waals surface area contributed by atoms with Crippen LogP contribution in [-0.2, 0) is 0 Å². The molecule has 1 saturated carbocycles. The second-order valence-electron chi connectivity index (χ2n) is 6.91. The summed E-state index contributed by atoms with van der Waals surface area (Å²) < 4.78 is 40.5. The molecule has 4 rings (SSSR count). The SMILES string of the molecule is O=c1c2ncccc2nc(C2CCC(C(F)(F)F)CC2)n1-c1ccc(Cl)nc1. The molecule has 0 bridgehead atoms. The molecule has 0 aliphatic heterocycles. The number of nitrogens with zero attached hydrogens (tertiary/aromatic N) is 4. The lowest BCUT2D eigenvalue weighted by Gasteiger charge is -2.30. The molecule has 0 aromatic carbocycles. The van der Waals surface area contributed by atoms with Crippen molar-refractivity contribution < 1.29 is 13.2 Å². The van der Waals surface area contributed by atoms with Gasteiger partial charge in [0.25, 0.3) is 5.56 Å². The number of halogens is 4. The number of rotatable bonds is 2. The van der Waals surface area contributed by atoms with E-state index in [1.807, 2.05) is 0 Å². The zero-order chi connectivity index (χ0) is 19.9. The van der Waals surface area contributed by atoms with Crippen LogP contribution in [0.1, 0.15) is 37.4 Å². The molecule has 0 atom stereocenters. The Morgan fingerprint density at radius 2 is 1.82 bits per heavy atom. The number of aromatic nitrogens is 4. The van der Waals surface area contributed by atoms with Crippen LogP contribution < -0.4 is 5.56 Å². The smallest absolute Gasteiger partial charge is 0.266 e. The fourth-order valence-electron chi connectivity index (χ4n) is 3.74. The van der Waals surface area contributed by atoms with E-state index in [2.05, 4.69) is 15.0 Å². The van der Waals surface area contributed by atoms with Crippen LogP contribution in [0.15, 0.2) is 41.5 Å². The molecule has 3 aromatic rings. The minimum atomic E-state index is -4.19. The van der Waals surface area contributed by atoms with E-state index in [-0.39, 0.29) is 35.0 Å². The summed E-state index contributed by atoms with van der Waals surface area (Å²) >= 11 is 5.85. The van der Waals surface area contributed by atoms with E-state index in [9.17, 15) is 18.0 Å². The molecule has 0 spiro atoms. The molecule has 1 aliphatic carbocycles. The summed E-state index contributed by atoms with van der Waals surface area (Å²) in [5, 5.41) is 0.274.